The van der Waals surface area contributed by atoms with Gasteiger partial charge in [-0.05, 0) is 56.3 Å². The van der Waals surface area contributed by atoms with Crippen LogP contribution < -0.4 is 5.11 Å². The third-order valence-corrected chi connectivity index (χ3v) is 7.98. The van der Waals surface area contributed by atoms with Gasteiger partial charge in [0, 0.05) is 10.9 Å². The number of nitrogens with zero attached hydrogens (tertiary/aromatic N) is 5. The van der Waals surface area contributed by atoms with Crippen molar-refractivity contribution in [1.82, 2.24) is 0 Å². The minimum Gasteiger partial charge on any atom is -0.863 e. The number of halogens is 3. The number of fused-ring (bicyclic) bond motifs is 5. The lowest BCUT2D eigenvalue weighted by Gasteiger charge is -2.27. The third kappa shape index (κ3) is 4.80. The minimum atomic E-state index is -1.46. The molecule has 0 saturated heterocycles. The summed E-state index contributed by atoms with van der Waals surface area (Å²) in [5, 5.41) is 48.8. The molecule has 2 aromatic carbocycles. The molecular formula is C22H20Cl3N5O7. The van der Waals surface area contributed by atoms with Crippen molar-refractivity contribution in [1.29, 1.82) is 0 Å². The van der Waals surface area contributed by atoms with Crippen LogP contribution in [0.1, 0.15) is 33.1 Å². The molecule has 15 heteroatoms. The molecule has 37 heavy (non-hydrogen) atoms. The van der Waals surface area contributed by atoms with Crippen LogP contribution in [0.5, 0.6) is 5.75 Å². The van der Waals surface area contributed by atoms with Crippen molar-refractivity contribution in [3.05, 3.63) is 69.7 Å². The largest absolute Gasteiger partial charge is 0.863 e. The molecule has 0 radical (unpaired) electrons. The molecule has 4 atom stereocenters. The summed E-state index contributed by atoms with van der Waals surface area (Å²) < 4.78 is 2.12. The highest BCUT2D eigenvalue weighted by atomic mass is 35.5. The number of benzene rings is 2. The molecule has 1 aliphatic heterocycles. The van der Waals surface area contributed by atoms with Crippen molar-refractivity contribution in [2.24, 2.45) is 22.9 Å². The van der Waals surface area contributed by atoms with Crippen LogP contribution >= 0.6 is 34.8 Å². The number of rotatable bonds is 4. The Morgan fingerprint density at radius 3 is 1.89 bits per heavy atom. The molecule has 2 saturated carbocycles. The average molecular weight is 573 g/mol. The number of azo groups is 2. The van der Waals surface area contributed by atoms with Crippen LogP contribution in [0, 0.1) is 48.1 Å². The van der Waals surface area contributed by atoms with Crippen molar-refractivity contribution in [3.63, 3.8) is 0 Å². The van der Waals surface area contributed by atoms with Gasteiger partial charge >= 0.3 is 0 Å². The summed E-state index contributed by atoms with van der Waals surface area (Å²) in [7, 11) is 0. The zero-order valence-electron chi connectivity index (χ0n) is 19.5. The summed E-state index contributed by atoms with van der Waals surface area (Å²) in [6, 6.07) is 4.72. The van der Waals surface area contributed by atoms with Gasteiger partial charge in [-0.15, -0.1) is 0 Å². The van der Waals surface area contributed by atoms with Gasteiger partial charge in [-0.1, -0.05) is 39.5 Å². The van der Waals surface area contributed by atoms with E-state index >= 15 is 0 Å². The fourth-order valence-electron chi connectivity index (χ4n) is 5.93. The maximum Gasteiger partial charge on any atom is 0.283 e. The highest BCUT2D eigenvalue weighted by Gasteiger charge is 2.65. The summed E-state index contributed by atoms with van der Waals surface area (Å²) in [5.41, 5.74) is -2.48. The summed E-state index contributed by atoms with van der Waals surface area (Å²) in [4.78, 5) is 27.5. The van der Waals surface area contributed by atoms with Crippen LogP contribution in [0.15, 0.2) is 29.4 Å². The predicted molar refractivity (Wildman–Crippen MR) is 132 cm³/mol. The number of nitro groups is 3. The molecule has 2 aromatic rings. The molecule has 2 fully saturated rings. The highest BCUT2D eigenvalue weighted by molar-refractivity contribution is 6.41. The first kappa shape index (κ1) is 27.0. The summed E-state index contributed by atoms with van der Waals surface area (Å²) in [6.07, 6.45) is 3.98. The van der Waals surface area contributed by atoms with Gasteiger partial charge in [0.15, 0.2) is 6.04 Å². The Morgan fingerprint density at radius 2 is 1.41 bits per heavy atom. The maximum absolute atomic E-state index is 11.1. The molecule has 2 aliphatic carbocycles. The van der Waals surface area contributed by atoms with E-state index in [4.69, 9.17) is 39.9 Å². The van der Waals surface area contributed by atoms with Crippen molar-refractivity contribution in [2.45, 2.75) is 44.7 Å². The quantitative estimate of drug-likeness (QED) is 0.231. The van der Waals surface area contributed by atoms with E-state index in [1.165, 1.54) is 19.3 Å². The third-order valence-electron chi connectivity index (χ3n) is 7.19. The van der Waals surface area contributed by atoms with E-state index < -0.39 is 37.6 Å². The lowest BCUT2D eigenvalue weighted by atomic mass is 9.75. The molecule has 0 spiro atoms. The Bertz CT molecular complexity index is 1310. The SMILES string of the molecule is CC1(C)N=[N+](c2c(Cl)cc(Cl)cc2Cl)[C@@H]2[C@H]3CC[C@H](C3)[C@@H]21.O=[N+]([O-])c1cc([N+](=O)[O-])c([O-])c([N+](=O)[O-])c1. The number of non-ortho nitro benzene ring substituents is 1. The first-order valence-corrected chi connectivity index (χ1v) is 12.3. The van der Waals surface area contributed by atoms with Crippen LogP contribution in [-0.2, 0) is 0 Å². The van der Waals surface area contributed by atoms with Crippen molar-refractivity contribution in [3.8, 4) is 5.75 Å². The van der Waals surface area contributed by atoms with Crippen LogP contribution in [0.4, 0.5) is 22.7 Å². The van der Waals surface area contributed by atoms with Crippen LogP contribution in [-0.4, -0.2) is 31.0 Å². The molecule has 0 aromatic heterocycles. The molecule has 12 nitrogen and oxygen atoms in total. The Kier molecular flexibility index (Phi) is 7.04. The smallest absolute Gasteiger partial charge is 0.283 e. The second-order valence-electron chi connectivity index (χ2n) is 9.75. The minimum absolute atomic E-state index is 0.0448. The standard InChI is InChI=1S/C16H18Cl3N2.C6H3N3O7/c1-16(2)13-8-3-4-9(5-8)14(13)21(20-16)15-11(18)6-10(17)7-12(15)19;10-6-4(8(13)14)1-3(7(11)12)2-5(6)9(15)16/h6-9,13-14H,3-5H2,1-2H3;1-2,10H/q+1;/p-1/t8-,9+,13+,14-;/m1./s1. The van der Waals surface area contributed by atoms with Crippen molar-refractivity contribution in [2.75, 3.05) is 0 Å². The average Bonchev–Trinajstić information content (AvgIpc) is 3.46. The number of nitro benzene ring substituents is 3. The molecule has 0 unspecified atom stereocenters. The van der Waals surface area contributed by atoms with E-state index in [9.17, 15) is 35.4 Å². The van der Waals surface area contributed by atoms with Crippen molar-refractivity contribution >= 4 is 57.6 Å². The van der Waals surface area contributed by atoms with Gasteiger partial charge in [0.25, 0.3) is 22.7 Å². The Morgan fingerprint density at radius 1 is 0.892 bits per heavy atom. The molecule has 2 bridgehead atoms. The summed E-state index contributed by atoms with van der Waals surface area (Å²) >= 11 is 18.9. The molecule has 3 aliphatic rings. The summed E-state index contributed by atoms with van der Waals surface area (Å²) in [6.45, 7) is 4.48. The normalized spacial score (nSPS) is 24.6. The first-order chi connectivity index (χ1) is 17.2. The fraction of sp³-hybridized carbons (Fsp3) is 0.455. The fourth-order valence-corrected chi connectivity index (χ4v) is 6.92. The van der Waals surface area contributed by atoms with Gasteiger partial charge in [-0.25, -0.2) is 0 Å². The molecule has 5 rings (SSSR count). The van der Waals surface area contributed by atoms with Crippen molar-refractivity contribution < 1.29 is 24.6 Å². The van der Waals surface area contributed by atoms with E-state index in [0.717, 1.165) is 11.6 Å². The van der Waals surface area contributed by atoms with Gasteiger partial charge in [0.2, 0.25) is 0 Å². The van der Waals surface area contributed by atoms with Gasteiger partial charge in [0.1, 0.15) is 15.6 Å². The van der Waals surface area contributed by atoms with E-state index in [2.05, 4.69) is 18.5 Å². The lowest BCUT2D eigenvalue weighted by Crippen LogP contribution is -2.38. The predicted octanol–water partition coefficient (Wildman–Crippen LogP) is 6.43. The van der Waals surface area contributed by atoms with Gasteiger partial charge < -0.3 is 5.11 Å². The highest BCUT2D eigenvalue weighted by Crippen LogP contribution is 2.59. The van der Waals surface area contributed by atoms with Gasteiger partial charge in [-0.2, -0.15) is 0 Å². The Labute approximate surface area is 224 Å². The number of hydrogen-bond donors (Lipinski definition) is 0. The molecule has 1 heterocycles. The molecule has 0 amide bonds. The van der Waals surface area contributed by atoms with Gasteiger partial charge in [0.05, 0.1) is 38.6 Å². The zero-order chi connectivity index (χ0) is 27.4. The van der Waals surface area contributed by atoms with Crippen LogP contribution in [0.3, 0.4) is 0 Å². The topological polar surface area (TPSA) is 168 Å². The lowest BCUT2D eigenvalue weighted by molar-refractivity contribution is -0.549. The van der Waals surface area contributed by atoms with Gasteiger partial charge in [-0.3, -0.25) is 30.3 Å². The second kappa shape index (κ2) is 9.66. The molecule has 0 N–H and O–H groups in total. The van der Waals surface area contributed by atoms with E-state index in [1.807, 2.05) is 0 Å². The molecule has 196 valence electrons. The Hall–Kier alpha value is -3.09. The van der Waals surface area contributed by atoms with E-state index in [1.54, 1.807) is 12.1 Å². The molecular weight excluding hydrogens is 553 g/mol. The van der Waals surface area contributed by atoms with Crippen LogP contribution in [0.25, 0.3) is 0 Å². The second-order valence-corrected chi connectivity index (χ2v) is 11.0. The van der Waals surface area contributed by atoms with E-state index in [0.29, 0.717) is 45.1 Å². The van der Waals surface area contributed by atoms with Crippen LogP contribution in [0.2, 0.25) is 15.1 Å². The van der Waals surface area contributed by atoms with E-state index in [-0.39, 0.29) is 5.54 Å². The number of hydrogen-bond acceptors (Lipinski definition) is 8. The summed E-state index contributed by atoms with van der Waals surface area (Å²) in [5.74, 6) is 0.668. The Balaban J connectivity index is 0.000000181. The maximum atomic E-state index is 11.1. The monoisotopic (exact) mass is 571 g/mol. The zero-order valence-corrected chi connectivity index (χ0v) is 21.7. The first-order valence-electron chi connectivity index (χ1n) is 11.2.